The minimum atomic E-state index is 0.397. The number of aryl methyl sites for hydroxylation is 1. The standard InChI is InChI=1S/C20H20BrClN4/c1-11-6-9-14(10-17(11)22)24-20-25-18-15(4-3-5-16(18)21)19(26-20)23-12(2)13-7-8-13/h3-6,9-10,12-13H,7-8H2,1-2H3,(H2,23,24,25,26)/t12-/m1/s1. The first-order chi connectivity index (χ1) is 12.5. The second-order valence-electron chi connectivity index (χ2n) is 6.89. The van der Waals surface area contributed by atoms with Gasteiger partial charge in [-0.05, 0) is 78.4 Å². The molecule has 4 nitrogen and oxygen atoms in total. The Balaban J connectivity index is 1.73. The average molecular weight is 432 g/mol. The lowest BCUT2D eigenvalue weighted by Gasteiger charge is -2.17. The Morgan fingerprint density at radius 3 is 2.73 bits per heavy atom. The van der Waals surface area contributed by atoms with Gasteiger partial charge in [-0.25, -0.2) is 4.98 Å². The smallest absolute Gasteiger partial charge is 0.229 e. The Labute approximate surface area is 166 Å². The number of benzene rings is 2. The zero-order valence-corrected chi connectivity index (χ0v) is 17.0. The van der Waals surface area contributed by atoms with Crippen LogP contribution in [0.25, 0.3) is 10.9 Å². The van der Waals surface area contributed by atoms with Gasteiger partial charge in [-0.2, -0.15) is 4.98 Å². The first kappa shape index (κ1) is 17.6. The van der Waals surface area contributed by atoms with E-state index in [0.717, 1.165) is 43.4 Å². The molecule has 0 saturated heterocycles. The summed E-state index contributed by atoms with van der Waals surface area (Å²) in [7, 11) is 0. The van der Waals surface area contributed by atoms with E-state index in [2.05, 4.69) is 39.6 Å². The molecule has 0 amide bonds. The number of halogens is 2. The third-order valence-corrected chi connectivity index (χ3v) is 5.85. The van der Waals surface area contributed by atoms with Crippen molar-refractivity contribution in [2.24, 2.45) is 5.92 Å². The topological polar surface area (TPSA) is 49.8 Å². The van der Waals surface area contributed by atoms with E-state index in [-0.39, 0.29) is 0 Å². The van der Waals surface area contributed by atoms with Crippen molar-refractivity contribution < 1.29 is 0 Å². The molecular formula is C20H20BrClN4. The van der Waals surface area contributed by atoms with E-state index in [1.54, 1.807) is 0 Å². The number of anilines is 3. The predicted octanol–water partition coefficient (Wildman–Crippen LogP) is 6.31. The summed E-state index contributed by atoms with van der Waals surface area (Å²) in [4.78, 5) is 9.44. The molecule has 1 aliphatic carbocycles. The maximum Gasteiger partial charge on any atom is 0.229 e. The highest BCUT2D eigenvalue weighted by Crippen LogP contribution is 2.36. The summed E-state index contributed by atoms with van der Waals surface area (Å²) in [5.74, 6) is 2.14. The number of para-hydroxylation sites is 1. The molecule has 1 atom stereocenters. The fourth-order valence-electron chi connectivity index (χ4n) is 3.01. The lowest BCUT2D eigenvalue weighted by Crippen LogP contribution is -2.19. The summed E-state index contributed by atoms with van der Waals surface area (Å²) < 4.78 is 0.949. The molecule has 0 unspecified atom stereocenters. The van der Waals surface area contributed by atoms with E-state index in [9.17, 15) is 0 Å². The van der Waals surface area contributed by atoms with Gasteiger partial charge in [0.15, 0.2) is 0 Å². The Kier molecular flexibility index (Phi) is 4.76. The molecule has 0 aliphatic heterocycles. The van der Waals surface area contributed by atoms with E-state index in [4.69, 9.17) is 21.6 Å². The summed E-state index contributed by atoms with van der Waals surface area (Å²) >= 11 is 9.85. The van der Waals surface area contributed by atoms with Crippen molar-refractivity contribution >= 4 is 55.9 Å². The summed E-state index contributed by atoms with van der Waals surface area (Å²) in [6.45, 7) is 4.20. The van der Waals surface area contributed by atoms with E-state index in [1.807, 2.05) is 37.3 Å². The summed E-state index contributed by atoms with van der Waals surface area (Å²) in [6, 6.07) is 12.3. The number of nitrogens with zero attached hydrogens (tertiary/aromatic N) is 2. The average Bonchev–Trinajstić information content (AvgIpc) is 3.44. The van der Waals surface area contributed by atoms with Crippen LogP contribution >= 0.6 is 27.5 Å². The second-order valence-corrected chi connectivity index (χ2v) is 8.15. The number of nitrogens with one attached hydrogen (secondary N) is 2. The number of aromatic nitrogens is 2. The summed E-state index contributed by atoms with van der Waals surface area (Å²) in [6.07, 6.45) is 2.57. The zero-order valence-electron chi connectivity index (χ0n) is 14.7. The molecule has 2 N–H and O–H groups in total. The molecule has 0 bridgehead atoms. The Morgan fingerprint density at radius 1 is 1.19 bits per heavy atom. The van der Waals surface area contributed by atoms with Crippen LogP contribution in [0.3, 0.4) is 0 Å². The van der Waals surface area contributed by atoms with Crippen LogP contribution in [0.1, 0.15) is 25.3 Å². The molecule has 1 fully saturated rings. The maximum atomic E-state index is 6.24. The van der Waals surface area contributed by atoms with E-state index in [0.29, 0.717) is 12.0 Å². The second kappa shape index (κ2) is 7.05. The van der Waals surface area contributed by atoms with E-state index in [1.165, 1.54) is 12.8 Å². The van der Waals surface area contributed by atoms with Crippen molar-refractivity contribution in [1.82, 2.24) is 9.97 Å². The van der Waals surface area contributed by atoms with Crippen LogP contribution in [-0.2, 0) is 0 Å². The molecular weight excluding hydrogens is 412 g/mol. The third kappa shape index (κ3) is 3.64. The van der Waals surface area contributed by atoms with Crippen LogP contribution < -0.4 is 10.6 Å². The van der Waals surface area contributed by atoms with Crippen molar-refractivity contribution in [3.63, 3.8) is 0 Å². The molecule has 1 aromatic heterocycles. The van der Waals surface area contributed by atoms with Crippen LogP contribution in [0, 0.1) is 12.8 Å². The van der Waals surface area contributed by atoms with Crippen molar-refractivity contribution in [1.29, 1.82) is 0 Å². The molecule has 2 aromatic carbocycles. The van der Waals surface area contributed by atoms with Gasteiger partial charge >= 0.3 is 0 Å². The SMILES string of the molecule is Cc1ccc(Nc2nc(N[C@H](C)C3CC3)c3cccc(Br)c3n2)cc1Cl. The fourth-order valence-corrected chi connectivity index (χ4v) is 3.65. The lowest BCUT2D eigenvalue weighted by molar-refractivity contribution is 0.691. The molecule has 0 spiro atoms. The highest BCUT2D eigenvalue weighted by atomic mass is 79.9. The molecule has 1 heterocycles. The molecule has 4 rings (SSSR count). The van der Waals surface area contributed by atoms with Crippen molar-refractivity contribution in [2.75, 3.05) is 10.6 Å². The molecule has 3 aromatic rings. The Bertz CT molecular complexity index is 971. The zero-order chi connectivity index (χ0) is 18.3. The van der Waals surface area contributed by atoms with Gasteiger partial charge in [0.2, 0.25) is 5.95 Å². The quantitative estimate of drug-likeness (QED) is 0.497. The summed E-state index contributed by atoms with van der Waals surface area (Å²) in [5.41, 5.74) is 2.79. The molecule has 1 aliphatic rings. The minimum absolute atomic E-state index is 0.397. The molecule has 134 valence electrons. The van der Waals surface area contributed by atoms with E-state index < -0.39 is 0 Å². The lowest BCUT2D eigenvalue weighted by atomic mass is 10.2. The largest absolute Gasteiger partial charge is 0.367 e. The third-order valence-electron chi connectivity index (χ3n) is 4.80. The Morgan fingerprint density at radius 2 is 2.00 bits per heavy atom. The van der Waals surface area contributed by atoms with Crippen LogP contribution in [-0.4, -0.2) is 16.0 Å². The molecule has 0 radical (unpaired) electrons. The van der Waals surface area contributed by atoms with E-state index >= 15 is 0 Å². The minimum Gasteiger partial charge on any atom is -0.367 e. The highest BCUT2D eigenvalue weighted by molar-refractivity contribution is 9.10. The van der Waals surface area contributed by atoms with Crippen LogP contribution in [0.2, 0.25) is 5.02 Å². The molecule has 1 saturated carbocycles. The number of hydrogen-bond donors (Lipinski definition) is 2. The first-order valence-electron chi connectivity index (χ1n) is 8.77. The van der Waals surface area contributed by atoms with Crippen molar-refractivity contribution in [3.8, 4) is 0 Å². The fraction of sp³-hybridized carbons (Fsp3) is 0.300. The Hall–Kier alpha value is -1.85. The summed E-state index contributed by atoms with van der Waals surface area (Å²) in [5, 5.41) is 8.60. The van der Waals surface area contributed by atoms with Crippen LogP contribution in [0.5, 0.6) is 0 Å². The van der Waals surface area contributed by atoms with Crippen molar-refractivity contribution in [2.45, 2.75) is 32.7 Å². The monoisotopic (exact) mass is 430 g/mol. The molecule has 6 heteroatoms. The predicted molar refractivity (Wildman–Crippen MR) is 113 cm³/mol. The van der Waals surface area contributed by atoms with Gasteiger partial charge < -0.3 is 10.6 Å². The number of fused-ring (bicyclic) bond motifs is 1. The van der Waals surface area contributed by atoms with Crippen molar-refractivity contribution in [3.05, 3.63) is 51.5 Å². The van der Waals surface area contributed by atoms with Gasteiger partial charge in [0.1, 0.15) is 5.82 Å². The van der Waals surface area contributed by atoms with Crippen LogP contribution in [0.15, 0.2) is 40.9 Å². The molecule has 26 heavy (non-hydrogen) atoms. The van der Waals surface area contributed by atoms with Gasteiger partial charge in [-0.1, -0.05) is 23.7 Å². The van der Waals surface area contributed by atoms with Gasteiger partial charge in [-0.15, -0.1) is 0 Å². The van der Waals surface area contributed by atoms with Crippen LogP contribution in [0.4, 0.5) is 17.5 Å². The number of rotatable bonds is 5. The maximum absolute atomic E-state index is 6.24. The van der Waals surface area contributed by atoms with Gasteiger partial charge in [-0.3, -0.25) is 0 Å². The normalized spacial score (nSPS) is 15.1. The highest BCUT2D eigenvalue weighted by Gasteiger charge is 2.28. The van der Waals surface area contributed by atoms with Gasteiger partial charge in [0.25, 0.3) is 0 Å². The number of hydrogen-bond acceptors (Lipinski definition) is 4. The van der Waals surface area contributed by atoms with Gasteiger partial charge in [0.05, 0.1) is 5.52 Å². The van der Waals surface area contributed by atoms with Gasteiger partial charge in [0, 0.05) is 26.6 Å². The first-order valence-corrected chi connectivity index (χ1v) is 9.94.